The van der Waals surface area contributed by atoms with E-state index in [1.807, 2.05) is 0 Å². The van der Waals surface area contributed by atoms with Gasteiger partial charge in [0.05, 0.1) is 5.88 Å². The zero-order valence-corrected chi connectivity index (χ0v) is 11.0. The summed E-state index contributed by atoms with van der Waals surface area (Å²) in [6.07, 6.45) is 6.61. The number of nitrogens with one attached hydrogen (secondary N) is 1. The number of hydrogen-bond acceptors (Lipinski definition) is 3. The summed E-state index contributed by atoms with van der Waals surface area (Å²) in [5.41, 5.74) is 1.40. The zero-order chi connectivity index (χ0) is 13.0. The van der Waals surface area contributed by atoms with E-state index in [4.69, 9.17) is 5.11 Å². The van der Waals surface area contributed by atoms with Gasteiger partial charge in [-0.25, -0.2) is 9.59 Å². The standard InChI is InChI=1S/C12H18N2O3S/c15-11(16)10-7-18-8-14(10)12(17)13-6-5-9-3-1-2-4-9/h3,10H,1-2,4-8H2,(H,13,17)(H,15,16). The van der Waals surface area contributed by atoms with Crippen molar-refractivity contribution in [1.82, 2.24) is 10.2 Å². The van der Waals surface area contributed by atoms with Crippen molar-refractivity contribution in [1.29, 1.82) is 0 Å². The summed E-state index contributed by atoms with van der Waals surface area (Å²) in [4.78, 5) is 24.2. The molecule has 100 valence electrons. The van der Waals surface area contributed by atoms with Gasteiger partial charge < -0.3 is 15.3 Å². The van der Waals surface area contributed by atoms with E-state index < -0.39 is 12.0 Å². The molecule has 1 unspecified atom stereocenters. The van der Waals surface area contributed by atoms with Crippen LogP contribution in [0.15, 0.2) is 11.6 Å². The van der Waals surface area contributed by atoms with Crippen LogP contribution in [-0.2, 0) is 4.79 Å². The van der Waals surface area contributed by atoms with Crippen LogP contribution in [0, 0.1) is 0 Å². The Bertz CT molecular complexity index is 370. The molecule has 1 heterocycles. The highest BCUT2D eigenvalue weighted by Crippen LogP contribution is 2.22. The largest absolute Gasteiger partial charge is 0.480 e. The predicted octanol–water partition coefficient (Wildman–Crippen LogP) is 1.66. The van der Waals surface area contributed by atoms with E-state index in [9.17, 15) is 9.59 Å². The first-order valence-corrected chi connectivity index (χ1v) is 7.37. The minimum absolute atomic E-state index is 0.258. The Balaban J connectivity index is 1.75. The van der Waals surface area contributed by atoms with E-state index in [1.54, 1.807) is 0 Å². The molecule has 2 amide bonds. The summed E-state index contributed by atoms with van der Waals surface area (Å²) in [6.45, 7) is 0.595. The molecule has 0 radical (unpaired) electrons. The number of allylic oxidation sites excluding steroid dienone is 1. The Morgan fingerprint density at radius 1 is 1.56 bits per heavy atom. The second-order valence-electron chi connectivity index (χ2n) is 4.56. The highest BCUT2D eigenvalue weighted by Gasteiger charge is 2.34. The lowest BCUT2D eigenvalue weighted by molar-refractivity contribution is -0.140. The summed E-state index contributed by atoms with van der Waals surface area (Å²) in [5, 5.41) is 11.8. The fourth-order valence-corrected chi connectivity index (χ4v) is 3.39. The van der Waals surface area contributed by atoms with E-state index in [1.165, 1.54) is 28.7 Å². The highest BCUT2D eigenvalue weighted by atomic mass is 32.2. The first kappa shape index (κ1) is 13.3. The van der Waals surface area contributed by atoms with Crippen LogP contribution in [0.4, 0.5) is 4.79 Å². The van der Waals surface area contributed by atoms with Crippen molar-refractivity contribution in [3.05, 3.63) is 11.6 Å². The number of carboxylic acid groups (broad SMARTS) is 1. The summed E-state index contributed by atoms with van der Waals surface area (Å²) in [7, 11) is 0. The van der Waals surface area contributed by atoms with Gasteiger partial charge in [-0.05, 0) is 25.7 Å². The number of thioether (sulfide) groups is 1. The molecule has 1 aliphatic carbocycles. The van der Waals surface area contributed by atoms with Crippen LogP contribution in [0.1, 0.15) is 25.7 Å². The van der Waals surface area contributed by atoms with Crippen LogP contribution in [0.2, 0.25) is 0 Å². The summed E-state index contributed by atoms with van der Waals surface area (Å²) < 4.78 is 0. The normalized spacial score (nSPS) is 23.0. The second kappa shape index (κ2) is 6.13. The predicted molar refractivity (Wildman–Crippen MR) is 70.5 cm³/mol. The SMILES string of the molecule is O=C(O)C1CSCN1C(=O)NCCC1=CCCC1. The number of hydrogen-bond donors (Lipinski definition) is 2. The molecule has 0 bridgehead atoms. The van der Waals surface area contributed by atoms with Crippen molar-refractivity contribution in [2.75, 3.05) is 18.2 Å². The van der Waals surface area contributed by atoms with Crippen LogP contribution in [0.25, 0.3) is 0 Å². The van der Waals surface area contributed by atoms with Gasteiger partial charge in [-0.1, -0.05) is 11.6 Å². The van der Waals surface area contributed by atoms with Gasteiger partial charge in [-0.2, -0.15) is 0 Å². The number of amides is 2. The average molecular weight is 270 g/mol. The topological polar surface area (TPSA) is 69.6 Å². The van der Waals surface area contributed by atoms with Crippen molar-refractivity contribution in [3.63, 3.8) is 0 Å². The van der Waals surface area contributed by atoms with Crippen LogP contribution in [0.5, 0.6) is 0 Å². The molecular weight excluding hydrogens is 252 g/mol. The molecule has 1 fully saturated rings. The summed E-state index contributed by atoms with van der Waals surface area (Å²) in [6, 6.07) is -0.938. The Hall–Kier alpha value is -1.17. The zero-order valence-electron chi connectivity index (χ0n) is 10.2. The molecule has 1 atom stereocenters. The Labute approximate surface area is 111 Å². The van der Waals surface area contributed by atoms with Gasteiger partial charge in [0.25, 0.3) is 0 Å². The number of carboxylic acids is 1. The van der Waals surface area contributed by atoms with Gasteiger partial charge in [-0.15, -0.1) is 11.8 Å². The minimum Gasteiger partial charge on any atom is -0.480 e. The van der Waals surface area contributed by atoms with E-state index in [-0.39, 0.29) is 6.03 Å². The lowest BCUT2D eigenvalue weighted by Gasteiger charge is -2.20. The lowest BCUT2D eigenvalue weighted by Crippen LogP contribution is -2.47. The third kappa shape index (κ3) is 3.19. The number of aliphatic carboxylic acids is 1. The Morgan fingerprint density at radius 2 is 2.39 bits per heavy atom. The fraction of sp³-hybridized carbons (Fsp3) is 0.667. The average Bonchev–Trinajstić information content (AvgIpc) is 2.99. The van der Waals surface area contributed by atoms with Crippen molar-refractivity contribution in [2.24, 2.45) is 0 Å². The van der Waals surface area contributed by atoms with Gasteiger partial charge in [0.15, 0.2) is 0 Å². The van der Waals surface area contributed by atoms with E-state index in [0.717, 1.165) is 19.3 Å². The molecule has 0 aromatic carbocycles. The smallest absolute Gasteiger partial charge is 0.327 e. The third-order valence-electron chi connectivity index (χ3n) is 3.29. The maximum Gasteiger partial charge on any atom is 0.327 e. The molecule has 1 aliphatic heterocycles. The van der Waals surface area contributed by atoms with E-state index >= 15 is 0 Å². The number of nitrogens with zero attached hydrogens (tertiary/aromatic N) is 1. The highest BCUT2D eigenvalue weighted by molar-refractivity contribution is 7.99. The quantitative estimate of drug-likeness (QED) is 0.762. The molecule has 0 spiro atoms. The number of carbonyl (C=O) groups excluding carboxylic acids is 1. The second-order valence-corrected chi connectivity index (χ2v) is 5.56. The van der Waals surface area contributed by atoms with Crippen LogP contribution in [0.3, 0.4) is 0 Å². The molecule has 0 aromatic rings. The number of rotatable bonds is 4. The van der Waals surface area contributed by atoms with Gasteiger partial charge in [0, 0.05) is 12.3 Å². The maximum atomic E-state index is 11.9. The molecule has 2 rings (SSSR count). The monoisotopic (exact) mass is 270 g/mol. The molecule has 0 saturated carbocycles. The van der Waals surface area contributed by atoms with Gasteiger partial charge >= 0.3 is 12.0 Å². The molecule has 2 N–H and O–H groups in total. The minimum atomic E-state index is -0.923. The molecule has 2 aliphatic rings. The Kier molecular flexibility index (Phi) is 4.52. The van der Waals surface area contributed by atoms with Gasteiger partial charge in [0.2, 0.25) is 0 Å². The lowest BCUT2D eigenvalue weighted by atomic mass is 10.2. The fourth-order valence-electron chi connectivity index (χ4n) is 2.24. The van der Waals surface area contributed by atoms with Crippen molar-refractivity contribution in [3.8, 4) is 0 Å². The maximum absolute atomic E-state index is 11.9. The molecule has 18 heavy (non-hydrogen) atoms. The molecular formula is C12H18N2O3S. The van der Waals surface area contributed by atoms with E-state index in [2.05, 4.69) is 11.4 Å². The first-order chi connectivity index (χ1) is 8.68. The van der Waals surface area contributed by atoms with Crippen molar-refractivity contribution < 1.29 is 14.7 Å². The molecule has 6 heteroatoms. The van der Waals surface area contributed by atoms with Crippen molar-refractivity contribution in [2.45, 2.75) is 31.7 Å². The van der Waals surface area contributed by atoms with Crippen LogP contribution < -0.4 is 5.32 Å². The summed E-state index contributed by atoms with van der Waals surface area (Å²) >= 11 is 1.48. The first-order valence-electron chi connectivity index (χ1n) is 6.21. The molecule has 5 nitrogen and oxygen atoms in total. The van der Waals surface area contributed by atoms with Crippen LogP contribution >= 0.6 is 11.8 Å². The van der Waals surface area contributed by atoms with Crippen LogP contribution in [-0.4, -0.2) is 46.2 Å². The van der Waals surface area contributed by atoms with Gasteiger partial charge in [-0.3, -0.25) is 0 Å². The molecule has 0 aromatic heterocycles. The summed E-state index contributed by atoms with van der Waals surface area (Å²) in [5.74, 6) is 0.0213. The number of urea groups is 1. The van der Waals surface area contributed by atoms with Crippen molar-refractivity contribution >= 4 is 23.8 Å². The third-order valence-corrected chi connectivity index (χ3v) is 4.30. The van der Waals surface area contributed by atoms with E-state index in [0.29, 0.717) is 18.2 Å². The van der Waals surface area contributed by atoms with Gasteiger partial charge in [0.1, 0.15) is 6.04 Å². The Morgan fingerprint density at radius 3 is 3.06 bits per heavy atom. The number of carbonyl (C=O) groups is 2. The molecule has 1 saturated heterocycles.